The van der Waals surface area contributed by atoms with Gasteiger partial charge >= 0.3 is 0 Å². The molecule has 0 radical (unpaired) electrons. The summed E-state index contributed by atoms with van der Waals surface area (Å²) in [4.78, 5) is 13.1. The van der Waals surface area contributed by atoms with E-state index < -0.39 is 49.5 Å². The van der Waals surface area contributed by atoms with Crippen molar-refractivity contribution in [2.75, 3.05) is 13.2 Å². The minimum atomic E-state index is -1.56. The molecule has 458 valence electrons. The van der Waals surface area contributed by atoms with Crippen molar-refractivity contribution in [1.29, 1.82) is 0 Å². The Kier molecular flexibility index (Phi) is 55.1. The van der Waals surface area contributed by atoms with Gasteiger partial charge in [0.1, 0.15) is 24.4 Å². The van der Waals surface area contributed by atoms with Gasteiger partial charge in [-0.15, -0.1) is 0 Å². The Hall–Kier alpha value is -2.63. The lowest BCUT2D eigenvalue weighted by Crippen LogP contribution is -2.60. The quantitative estimate of drug-likeness (QED) is 0.0261. The Morgan fingerprint density at radius 2 is 0.785 bits per heavy atom. The van der Waals surface area contributed by atoms with Gasteiger partial charge in [-0.05, 0) is 70.6 Å². The zero-order valence-corrected chi connectivity index (χ0v) is 51.1. The standard InChI is InChI=1S/C70H125NO8/c1-3-5-7-9-11-13-15-17-19-21-22-23-24-25-26-27-28-29-30-31-32-33-34-35-36-37-38-39-40-41-42-44-46-48-50-52-54-56-58-60-66(74)71-63(62-78-70-69(77)68(76)67(75)65(61-72)79-70)64(73)59-57-55-53-51-49-47-45-43-20-18-16-14-12-10-8-6-4-2/h5,7,11,13,17,19,22-23,25-26,28-29,31-32,63-65,67-70,72-73,75-77H,3-4,6,8-10,12,14-16,18,20-21,24,27,30,33-62H2,1-2H3,(H,71,74)/b7-5-,13-11-,19-17-,23-22-,26-25-,29-28-,32-31-. The van der Waals surface area contributed by atoms with Gasteiger partial charge in [0.15, 0.2) is 6.29 Å². The maximum Gasteiger partial charge on any atom is 0.220 e. The van der Waals surface area contributed by atoms with Gasteiger partial charge in [0.05, 0.1) is 25.4 Å². The lowest BCUT2D eigenvalue weighted by atomic mass is 9.99. The van der Waals surface area contributed by atoms with Crippen LogP contribution < -0.4 is 5.32 Å². The first kappa shape index (κ1) is 74.4. The van der Waals surface area contributed by atoms with Gasteiger partial charge in [-0.25, -0.2) is 0 Å². The van der Waals surface area contributed by atoms with E-state index >= 15 is 0 Å². The molecule has 0 saturated carbocycles. The average molecular weight is 1110 g/mol. The second-order valence-corrected chi connectivity index (χ2v) is 22.9. The van der Waals surface area contributed by atoms with E-state index in [1.807, 2.05) is 0 Å². The monoisotopic (exact) mass is 1110 g/mol. The summed E-state index contributed by atoms with van der Waals surface area (Å²) in [6.45, 7) is 3.75. The third-order valence-electron chi connectivity index (χ3n) is 15.5. The molecule has 1 amide bonds. The first-order chi connectivity index (χ1) is 38.8. The van der Waals surface area contributed by atoms with Crippen LogP contribution in [0.3, 0.4) is 0 Å². The smallest absolute Gasteiger partial charge is 0.220 e. The summed E-state index contributed by atoms with van der Waals surface area (Å²) in [5.74, 6) is -0.142. The molecule has 79 heavy (non-hydrogen) atoms. The predicted octanol–water partition coefficient (Wildman–Crippen LogP) is 17.7. The van der Waals surface area contributed by atoms with Crippen molar-refractivity contribution in [3.05, 3.63) is 85.1 Å². The fourth-order valence-corrected chi connectivity index (χ4v) is 10.3. The summed E-state index contributed by atoms with van der Waals surface area (Å²) in [5.41, 5.74) is 0. The van der Waals surface area contributed by atoms with E-state index in [0.717, 1.165) is 83.5 Å². The SMILES string of the molecule is CC/C=C\C/C=C\C/C=C\C/C=C\C/C=C\C/C=C\C/C=C\CCCCCCCCCCCCCCCCCCCC(=O)NC(COC1OC(CO)C(O)C(O)C1O)C(O)CCCCCCCCCCCCCCCCCCC. The van der Waals surface area contributed by atoms with Gasteiger partial charge < -0.3 is 40.3 Å². The molecule has 1 aliphatic heterocycles. The molecular weight excluding hydrogens is 983 g/mol. The van der Waals surface area contributed by atoms with Crippen LogP contribution in [0.4, 0.5) is 0 Å². The average Bonchev–Trinajstić information content (AvgIpc) is 3.48. The first-order valence-corrected chi connectivity index (χ1v) is 33.3. The lowest BCUT2D eigenvalue weighted by Gasteiger charge is -2.40. The minimum absolute atomic E-state index is 0.138. The number of ether oxygens (including phenoxy) is 2. The minimum Gasteiger partial charge on any atom is -0.394 e. The van der Waals surface area contributed by atoms with Gasteiger partial charge in [-0.3, -0.25) is 4.79 Å². The summed E-state index contributed by atoms with van der Waals surface area (Å²) >= 11 is 0. The molecule has 0 aliphatic carbocycles. The van der Waals surface area contributed by atoms with Gasteiger partial charge in [-0.1, -0.05) is 304 Å². The lowest BCUT2D eigenvalue weighted by molar-refractivity contribution is -0.302. The van der Waals surface area contributed by atoms with Crippen molar-refractivity contribution in [2.45, 2.75) is 339 Å². The molecule has 1 saturated heterocycles. The zero-order chi connectivity index (χ0) is 57.2. The number of aliphatic hydroxyl groups is 5. The van der Waals surface area contributed by atoms with E-state index in [9.17, 15) is 30.3 Å². The van der Waals surface area contributed by atoms with Crippen LogP contribution in [-0.4, -0.2) is 87.5 Å². The van der Waals surface area contributed by atoms with Gasteiger partial charge in [0, 0.05) is 6.42 Å². The number of nitrogens with one attached hydrogen (secondary N) is 1. The summed E-state index contributed by atoms with van der Waals surface area (Å²) in [6.07, 6.45) is 76.4. The first-order valence-electron chi connectivity index (χ1n) is 33.3. The summed E-state index contributed by atoms with van der Waals surface area (Å²) in [7, 11) is 0. The van der Waals surface area contributed by atoms with E-state index in [1.54, 1.807) is 0 Å². The molecule has 7 atom stereocenters. The van der Waals surface area contributed by atoms with Crippen molar-refractivity contribution in [3.63, 3.8) is 0 Å². The van der Waals surface area contributed by atoms with E-state index in [-0.39, 0.29) is 12.5 Å². The Bertz CT molecular complexity index is 1520. The maximum absolute atomic E-state index is 13.1. The molecular formula is C70H125NO8. The number of carbonyl (C=O) groups excluding carboxylic acids is 1. The maximum atomic E-state index is 13.1. The molecule has 6 N–H and O–H groups in total. The van der Waals surface area contributed by atoms with Crippen LogP contribution in [0.2, 0.25) is 0 Å². The Balaban J connectivity index is 2.08. The van der Waals surface area contributed by atoms with E-state index in [1.165, 1.54) is 186 Å². The fourth-order valence-electron chi connectivity index (χ4n) is 10.3. The summed E-state index contributed by atoms with van der Waals surface area (Å²) < 4.78 is 11.3. The highest BCUT2D eigenvalue weighted by Crippen LogP contribution is 2.23. The van der Waals surface area contributed by atoms with Crippen molar-refractivity contribution < 1.29 is 39.8 Å². The number of amides is 1. The second kappa shape index (κ2) is 58.6. The van der Waals surface area contributed by atoms with Gasteiger partial charge in [0.2, 0.25) is 5.91 Å². The zero-order valence-electron chi connectivity index (χ0n) is 51.1. The molecule has 9 heteroatoms. The van der Waals surface area contributed by atoms with Crippen molar-refractivity contribution in [3.8, 4) is 0 Å². The van der Waals surface area contributed by atoms with Crippen LogP contribution >= 0.6 is 0 Å². The van der Waals surface area contributed by atoms with Crippen molar-refractivity contribution >= 4 is 5.91 Å². The van der Waals surface area contributed by atoms with Gasteiger partial charge in [-0.2, -0.15) is 0 Å². The fraction of sp³-hybridized carbons (Fsp3) is 0.786. The van der Waals surface area contributed by atoms with Crippen LogP contribution in [0.1, 0.15) is 296 Å². The number of carbonyl (C=O) groups is 1. The van der Waals surface area contributed by atoms with Crippen LogP contribution in [0.15, 0.2) is 85.1 Å². The van der Waals surface area contributed by atoms with E-state index in [2.05, 4.69) is 104 Å². The van der Waals surface area contributed by atoms with E-state index in [0.29, 0.717) is 12.8 Å². The van der Waals surface area contributed by atoms with Crippen molar-refractivity contribution in [2.24, 2.45) is 0 Å². The number of aliphatic hydroxyl groups excluding tert-OH is 5. The molecule has 1 heterocycles. The van der Waals surface area contributed by atoms with Crippen LogP contribution in [0.5, 0.6) is 0 Å². The number of allylic oxidation sites excluding steroid dienone is 14. The van der Waals surface area contributed by atoms with E-state index in [4.69, 9.17) is 9.47 Å². The topological polar surface area (TPSA) is 149 Å². The largest absolute Gasteiger partial charge is 0.394 e. The highest BCUT2D eigenvalue weighted by Gasteiger charge is 2.44. The molecule has 9 nitrogen and oxygen atoms in total. The third kappa shape index (κ3) is 47.6. The molecule has 0 bridgehead atoms. The Labute approximate surface area is 486 Å². The molecule has 1 fully saturated rings. The number of rotatable bonds is 57. The molecule has 0 aromatic rings. The van der Waals surface area contributed by atoms with Crippen LogP contribution in [-0.2, 0) is 14.3 Å². The molecule has 0 spiro atoms. The Morgan fingerprint density at radius 1 is 0.443 bits per heavy atom. The van der Waals surface area contributed by atoms with Crippen LogP contribution in [0, 0.1) is 0 Å². The third-order valence-corrected chi connectivity index (χ3v) is 15.5. The Morgan fingerprint density at radius 3 is 1.16 bits per heavy atom. The molecule has 1 aliphatic rings. The number of hydrogen-bond donors (Lipinski definition) is 6. The molecule has 0 aromatic heterocycles. The molecule has 7 unspecified atom stereocenters. The van der Waals surface area contributed by atoms with Crippen LogP contribution in [0.25, 0.3) is 0 Å². The van der Waals surface area contributed by atoms with Gasteiger partial charge in [0.25, 0.3) is 0 Å². The molecule has 1 rings (SSSR count). The number of hydrogen-bond acceptors (Lipinski definition) is 8. The normalized spacial score (nSPS) is 19.1. The second-order valence-electron chi connectivity index (χ2n) is 22.9. The number of unbranched alkanes of at least 4 members (excludes halogenated alkanes) is 33. The highest BCUT2D eigenvalue weighted by atomic mass is 16.7. The van der Waals surface area contributed by atoms with Crippen molar-refractivity contribution in [1.82, 2.24) is 5.32 Å². The summed E-state index contributed by atoms with van der Waals surface area (Å²) in [5, 5.41) is 54.8. The predicted molar refractivity (Wildman–Crippen MR) is 336 cm³/mol. The summed E-state index contributed by atoms with van der Waals surface area (Å²) in [6, 6.07) is -0.722. The molecule has 0 aromatic carbocycles. The highest BCUT2D eigenvalue weighted by molar-refractivity contribution is 5.76.